The summed E-state index contributed by atoms with van der Waals surface area (Å²) >= 11 is 0. The zero-order valence-electron chi connectivity index (χ0n) is 16.4. The minimum Gasteiger partial charge on any atom is -0.488 e. The normalized spacial score (nSPS) is 15.2. The summed E-state index contributed by atoms with van der Waals surface area (Å²) in [7, 11) is -1.08. The van der Waals surface area contributed by atoms with Crippen LogP contribution in [0.25, 0.3) is 11.1 Å². The van der Waals surface area contributed by atoms with Crippen molar-refractivity contribution in [2.24, 2.45) is 0 Å². The highest BCUT2D eigenvalue weighted by molar-refractivity contribution is 7.84. The molecule has 30 heavy (non-hydrogen) atoms. The molecule has 3 aromatic rings. The molecule has 0 N–H and O–H groups in total. The quantitative estimate of drug-likeness (QED) is 0.606. The molecule has 1 fully saturated rings. The van der Waals surface area contributed by atoms with E-state index in [-0.39, 0.29) is 11.7 Å². The van der Waals surface area contributed by atoms with Crippen molar-refractivity contribution in [1.29, 1.82) is 5.26 Å². The van der Waals surface area contributed by atoms with Gasteiger partial charge in [0.2, 0.25) is 0 Å². The first-order valence-electron chi connectivity index (χ1n) is 9.49. The summed E-state index contributed by atoms with van der Waals surface area (Å²) in [5, 5.41) is 9.51. The van der Waals surface area contributed by atoms with E-state index in [1.807, 2.05) is 36.4 Å². The molecule has 2 aromatic carbocycles. The van der Waals surface area contributed by atoms with Gasteiger partial charge in [-0.05, 0) is 41.5 Å². The summed E-state index contributed by atoms with van der Waals surface area (Å²) in [5.74, 6) is 0.317. The fourth-order valence-corrected chi connectivity index (χ4v) is 3.84. The van der Waals surface area contributed by atoms with Crippen molar-refractivity contribution in [3.63, 3.8) is 0 Å². The van der Waals surface area contributed by atoms with Crippen molar-refractivity contribution in [2.45, 2.75) is 17.7 Å². The smallest absolute Gasteiger partial charge is 0.140 e. The van der Waals surface area contributed by atoms with Crippen molar-refractivity contribution in [3.8, 4) is 22.9 Å². The second-order valence-electron chi connectivity index (χ2n) is 7.22. The second kappa shape index (κ2) is 8.74. The molecule has 5 nitrogen and oxygen atoms in total. The van der Waals surface area contributed by atoms with Crippen molar-refractivity contribution < 1.29 is 13.3 Å². The Morgan fingerprint density at radius 3 is 2.53 bits per heavy atom. The average Bonchev–Trinajstić information content (AvgIpc) is 2.74. The van der Waals surface area contributed by atoms with Gasteiger partial charge in [-0.15, -0.1) is 0 Å². The molecule has 1 atom stereocenters. The van der Waals surface area contributed by atoms with Crippen LogP contribution in [0.1, 0.15) is 11.1 Å². The van der Waals surface area contributed by atoms with Crippen LogP contribution in [0.15, 0.2) is 65.8 Å². The summed E-state index contributed by atoms with van der Waals surface area (Å²) < 4.78 is 30.9. The van der Waals surface area contributed by atoms with Crippen LogP contribution >= 0.6 is 0 Å². The Kier molecular flexibility index (Phi) is 5.88. The van der Waals surface area contributed by atoms with E-state index in [0.717, 1.165) is 35.5 Å². The van der Waals surface area contributed by atoms with E-state index in [0.29, 0.717) is 11.6 Å². The molecule has 2 heterocycles. The van der Waals surface area contributed by atoms with Crippen molar-refractivity contribution in [3.05, 3.63) is 77.7 Å². The van der Waals surface area contributed by atoms with Gasteiger partial charge in [0.05, 0.1) is 16.4 Å². The molecule has 0 amide bonds. The van der Waals surface area contributed by atoms with Crippen LogP contribution in [0.2, 0.25) is 0 Å². The molecule has 1 aliphatic rings. The molecular formula is C23H20FN3O2S. The van der Waals surface area contributed by atoms with Gasteiger partial charge in [0, 0.05) is 37.7 Å². The van der Waals surface area contributed by atoms with E-state index < -0.39 is 16.6 Å². The molecule has 0 saturated carbocycles. The third kappa shape index (κ3) is 4.56. The van der Waals surface area contributed by atoms with Gasteiger partial charge in [0.15, 0.2) is 0 Å². The number of halogens is 1. The first-order chi connectivity index (χ1) is 14.5. The van der Waals surface area contributed by atoms with Crippen LogP contribution in [0.3, 0.4) is 0 Å². The Hall–Kier alpha value is -3.08. The Morgan fingerprint density at radius 2 is 1.90 bits per heavy atom. The SMILES string of the molecule is CS(=O)c1ccc(-c2ccc(OC3CN(Cc4ccc(F)c(C#N)c4)C3)cc2)cn1. The molecular weight excluding hydrogens is 401 g/mol. The molecule has 0 aliphatic carbocycles. The number of rotatable bonds is 6. The molecule has 1 aliphatic heterocycles. The number of aromatic nitrogens is 1. The summed E-state index contributed by atoms with van der Waals surface area (Å²) in [6.07, 6.45) is 3.44. The highest BCUT2D eigenvalue weighted by Crippen LogP contribution is 2.25. The van der Waals surface area contributed by atoms with Crippen molar-refractivity contribution in [1.82, 2.24) is 9.88 Å². The highest BCUT2D eigenvalue weighted by atomic mass is 32.2. The van der Waals surface area contributed by atoms with Crippen LogP contribution in [0, 0.1) is 17.1 Å². The van der Waals surface area contributed by atoms with Crippen LogP contribution in [0.5, 0.6) is 5.75 Å². The first kappa shape index (κ1) is 20.2. The van der Waals surface area contributed by atoms with E-state index in [4.69, 9.17) is 10.00 Å². The zero-order chi connectivity index (χ0) is 21.1. The van der Waals surface area contributed by atoms with Crippen LogP contribution in [0.4, 0.5) is 4.39 Å². The molecule has 1 saturated heterocycles. The molecule has 152 valence electrons. The lowest BCUT2D eigenvalue weighted by atomic mass is 10.1. The number of benzene rings is 2. The van der Waals surface area contributed by atoms with Crippen LogP contribution in [-0.2, 0) is 17.3 Å². The number of hydrogen-bond donors (Lipinski definition) is 0. The van der Waals surface area contributed by atoms with E-state index in [1.54, 1.807) is 30.7 Å². The van der Waals surface area contributed by atoms with Gasteiger partial charge < -0.3 is 4.74 Å². The van der Waals surface area contributed by atoms with Gasteiger partial charge in [-0.2, -0.15) is 5.26 Å². The van der Waals surface area contributed by atoms with Gasteiger partial charge in [-0.1, -0.05) is 24.3 Å². The number of likely N-dealkylation sites (tertiary alicyclic amines) is 1. The summed E-state index contributed by atoms with van der Waals surface area (Å²) in [4.78, 5) is 6.42. The minimum atomic E-state index is -1.08. The third-order valence-electron chi connectivity index (χ3n) is 5.00. The maximum absolute atomic E-state index is 13.4. The third-order valence-corrected chi connectivity index (χ3v) is 5.83. The van der Waals surface area contributed by atoms with Crippen molar-refractivity contribution in [2.75, 3.05) is 19.3 Å². The van der Waals surface area contributed by atoms with E-state index in [2.05, 4.69) is 9.88 Å². The van der Waals surface area contributed by atoms with Gasteiger partial charge in [0.25, 0.3) is 0 Å². The van der Waals surface area contributed by atoms with Gasteiger partial charge in [-0.25, -0.2) is 9.37 Å². The largest absolute Gasteiger partial charge is 0.488 e. The number of pyridine rings is 1. The monoisotopic (exact) mass is 421 g/mol. The molecule has 0 bridgehead atoms. The molecule has 0 spiro atoms. The van der Waals surface area contributed by atoms with Gasteiger partial charge >= 0.3 is 0 Å². The topological polar surface area (TPSA) is 66.2 Å². The van der Waals surface area contributed by atoms with Crippen molar-refractivity contribution >= 4 is 10.8 Å². The summed E-state index contributed by atoms with van der Waals surface area (Å²) in [6, 6.07) is 18.0. The van der Waals surface area contributed by atoms with Gasteiger partial charge in [-0.3, -0.25) is 9.11 Å². The average molecular weight is 421 g/mol. The Morgan fingerprint density at radius 1 is 1.17 bits per heavy atom. The predicted octanol–water partition coefficient (Wildman–Crippen LogP) is 3.76. The lowest BCUT2D eigenvalue weighted by Crippen LogP contribution is -2.53. The Bertz CT molecular complexity index is 1100. The molecule has 7 heteroatoms. The minimum absolute atomic E-state index is 0.0775. The molecule has 1 unspecified atom stereocenters. The first-order valence-corrected chi connectivity index (χ1v) is 11.0. The van der Waals surface area contributed by atoms with E-state index >= 15 is 0 Å². The van der Waals surface area contributed by atoms with Gasteiger partial charge in [0.1, 0.15) is 28.8 Å². The second-order valence-corrected chi connectivity index (χ2v) is 8.55. The molecule has 1 aromatic heterocycles. The number of hydrogen-bond acceptors (Lipinski definition) is 5. The summed E-state index contributed by atoms with van der Waals surface area (Å²) in [6.45, 7) is 2.22. The van der Waals surface area contributed by atoms with Crippen LogP contribution < -0.4 is 4.74 Å². The number of nitrogens with zero attached hydrogens (tertiary/aromatic N) is 3. The molecule has 0 radical (unpaired) electrons. The van der Waals surface area contributed by atoms with Crippen LogP contribution in [-0.4, -0.2) is 39.5 Å². The standard InChI is InChI=1S/C23H20FN3O2S/c1-30(28)23-9-5-18(12-26-23)17-3-6-20(7-4-17)29-21-14-27(15-21)13-16-2-8-22(24)19(10-16)11-25/h2-10,12,21H,13-15H2,1H3. The maximum Gasteiger partial charge on any atom is 0.140 e. The number of nitriles is 1. The molecule has 4 rings (SSSR count). The fourth-order valence-electron chi connectivity index (χ4n) is 3.38. The Labute approximate surface area is 177 Å². The Balaban J connectivity index is 1.30. The lowest BCUT2D eigenvalue weighted by Gasteiger charge is -2.39. The maximum atomic E-state index is 13.4. The number of ether oxygens (including phenoxy) is 1. The lowest BCUT2D eigenvalue weighted by molar-refractivity contribution is 0.0146. The van der Waals surface area contributed by atoms with E-state index in [9.17, 15) is 8.60 Å². The van der Waals surface area contributed by atoms with E-state index in [1.165, 1.54) is 6.07 Å². The fraction of sp³-hybridized carbons (Fsp3) is 0.217. The predicted molar refractivity (Wildman–Crippen MR) is 113 cm³/mol. The summed E-state index contributed by atoms with van der Waals surface area (Å²) in [5.41, 5.74) is 2.97. The zero-order valence-corrected chi connectivity index (χ0v) is 17.2. The highest BCUT2D eigenvalue weighted by Gasteiger charge is 2.28.